The molecule has 1 aliphatic rings. The van der Waals surface area contributed by atoms with Gasteiger partial charge in [-0.05, 0) is 100 Å². The Hall–Kier alpha value is -2.98. The average molecular weight is 585 g/mol. The first-order valence-electron chi connectivity index (χ1n) is 12.7. The molecule has 0 unspecified atom stereocenters. The molecule has 0 spiro atoms. The third kappa shape index (κ3) is 5.68. The second kappa shape index (κ2) is 11.6. The molecule has 10 heteroatoms. The van der Waals surface area contributed by atoms with E-state index in [1.165, 1.54) is 27.8 Å². The number of amides is 1. The number of aryl methyl sites for hydroxylation is 2. The molecular formula is C29H33ClN4O3S2. The van der Waals surface area contributed by atoms with E-state index in [2.05, 4.69) is 30.9 Å². The van der Waals surface area contributed by atoms with Gasteiger partial charge in [0.1, 0.15) is 0 Å². The Morgan fingerprint density at radius 3 is 2.44 bits per heavy atom. The van der Waals surface area contributed by atoms with E-state index in [0.717, 1.165) is 45.6 Å². The van der Waals surface area contributed by atoms with Crippen LogP contribution >= 0.6 is 23.7 Å². The van der Waals surface area contributed by atoms with Crippen molar-refractivity contribution in [3.63, 3.8) is 0 Å². The lowest BCUT2D eigenvalue weighted by Gasteiger charge is -2.22. The first-order chi connectivity index (χ1) is 18.2. The zero-order valence-electron chi connectivity index (χ0n) is 22.5. The van der Waals surface area contributed by atoms with Gasteiger partial charge in [0.05, 0.1) is 20.8 Å². The van der Waals surface area contributed by atoms with Gasteiger partial charge in [-0.2, -0.15) is 0 Å². The summed E-state index contributed by atoms with van der Waals surface area (Å²) in [6, 6.07) is 18.0. The summed E-state index contributed by atoms with van der Waals surface area (Å²) in [6.45, 7) is 5.88. The number of hydrogen-bond donors (Lipinski definition) is 0. The van der Waals surface area contributed by atoms with E-state index in [4.69, 9.17) is 4.98 Å². The predicted octanol–water partition coefficient (Wildman–Crippen LogP) is 5.68. The standard InChI is InChI=1S/C29H32N4O3S2.ClH/c1-20-10-15-26-27(21(20)2)30-29(37-26)32(18-7-17-31(3)4)28(34)23-11-13-24(14-12-23)38(35,36)33-19-16-22-8-5-6-9-25(22)33;/h5-6,8-15H,7,16-19H2,1-4H3;1H. The van der Waals surface area contributed by atoms with E-state index in [9.17, 15) is 13.2 Å². The molecule has 39 heavy (non-hydrogen) atoms. The molecule has 0 N–H and O–H groups in total. The Bertz CT molecular complexity index is 1600. The Morgan fingerprint density at radius 1 is 1.00 bits per heavy atom. The maximum absolute atomic E-state index is 13.7. The Balaban J connectivity index is 0.00000353. The fourth-order valence-corrected chi connectivity index (χ4v) is 7.32. The molecule has 0 aliphatic carbocycles. The van der Waals surface area contributed by atoms with Gasteiger partial charge in [-0.15, -0.1) is 12.4 Å². The minimum atomic E-state index is -3.72. The minimum Gasteiger partial charge on any atom is -0.309 e. The normalized spacial score (nSPS) is 13.0. The summed E-state index contributed by atoms with van der Waals surface area (Å²) < 4.78 is 29.3. The van der Waals surface area contributed by atoms with Crippen molar-refractivity contribution in [3.8, 4) is 0 Å². The van der Waals surface area contributed by atoms with Gasteiger partial charge >= 0.3 is 0 Å². The molecule has 0 atom stereocenters. The van der Waals surface area contributed by atoms with Gasteiger partial charge in [0, 0.05) is 18.7 Å². The molecule has 7 nitrogen and oxygen atoms in total. The highest BCUT2D eigenvalue weighted by atomic mass is 35.5. The van der Waals surface area contributed by atoms with Crippen molar-refractivity contribution in [2.45, 2.75) is 31.6 Å². The van der Waals surface area contributed by atoms with Gasteiger partial charge in [0.25, 0.3) is 15.9 Å². The number of thiazole rings is 1. The quantitative estimate of drug-likeness (QED) is 0.266. The molecule has 206 valence electrons. The van der Waals surface area contributed by atoms with Crippen LogP contribution in [0.15, 0.2) is 65.6 Å². The van der Waals surface area contributed by atoms with Crippen LogP contribution in [0.2, 0.25) is 0 Å². The fourth-order valence-electron chi connectivity index (χ4n) is 4.77. The van der Waals surface area contributed by atoms with E-state index in [-0.39, 0.29) is 23.2 Å². The molecule has 1 aliphatic heterocycles. The molecule has 0 fully saturated rings. The highest BCUT2D eigenvalue weighted by Crippen LogP contribution is 2.34. The number of nitrogens with zero attached hydrogens (tertiary/aromatic N) is 4. The lowest BCUT2D eigenvalue weighted by molar-refractivity contribution is 0.0986. The van der Waals surface area contributed by atoms with Crippen LogP contribution in [0.5, 0.6) is 0 Å². The number of carbonyl (C=O) groups excluding carboxylic acids is 1. The minimum absolute atomic E-state index is 0. The van der Waals surface area contributed by atoms with Crippen LogP contribution in [0.25, 0.3) is 10.2 Å². The summed E-state index contributed by atoms with van der Waals surface area (Å²) in [6.07, 6.45) is 1.47. The van der Waals surface area contributed by atoms with Gasteiger partial charge in [0.15, 0.2) is 5.13 Å². The molecule has 0 radical (unpaired) electrons. The zero-order valence-corrected chi connectivity index (χ0v) is 25.0. The Labute approximate surface area is 240 Å². The van der Waals surface area contributed by atoms with E-state index >= 15 is 0 Å². The molecule has 0 saturated carbocycles. The van der Waals surface area contributed by atoms with Crippen molar-refractivity contribution in [1.82, 2.24) is 9.88 Å². The van der Waals surface area contributed by atoms with E-state index in [1.54, 1.807) is 17.0 Å². The highest BCUT2D eigenvalue weighted by Gasteiger charge is 2.31. The second-order valence-electron chi connectivity index (χ2n) is 9.94. The van der Waals surface area contributed by atoms with Crippen LogP contribution in [0.3, 0.4) is 0 Å². The average Bonchev–Trinajstić information content (AvgIpc) is 3.54. The van der Waals surface area contributed by atoms with E-state index in [0.29, 0.717) is 30.2 Å². The van der Waals surface area contributed by atoms with Crippen LogP contribution < -0.4 is 9.21 Å². The molecule has 5 rings (SSSR count). The number of aromatic nitrogens is 1. The lowest BCUT2D eigenvalue weighted by Crippen LogP contribution is -2.33. The van der Waals surface area contributed by atoms with Gasteiger partial charge in [-0.3, -0.25) is 14.0 Å². The topological polar surface area (TPSA) is 73.8 Å². The van der Waals surface area contributed by atoms with Gasteiger partial charge in [0.2, 0.25) is 0 Å². The SMILES string of the molecule is Cc1ccc2sc(N(CCCN(C)C)C(=O)c3ccc(S(=O)(=O)N4CCc5ccccc54)cc3)nc2c1C.Cl. The number of halogens is 1. The summed E-state index contributed by atoms with van der Waals surface area (Å²) in [4.78, 5) is 22.6. The summed E-state index contributed by atoms with van der Waals surface area (Å²) >= 11 is 1.51. The third-order valence-electron chi connectivity index (χ3n) is 7.07. The van der Waals surface area contributed by atoms with Crippen LogP contribution in [0, 0.1) is 13.8 Å². The monoisotopic (exact) mass is 584 g/mol. The third-order valence-corrected chi connectivity index (χ3v) is 9.94. The van der Waals surface area contributed by atoms with Crippen molar-refractivity contribution in [2.75, 3.05) is 42.9 Å². The van der Waals surface area contributed by atoms with Crippen molar-refractivity contribution in [2.24, 2.45) is 0 Å². The smallest absolute Gasteiger partial charge is 0.264 e. The van der Waals surface area contributed by atoms with Gasteiger partial charge in [-0.25, -0.2) is 13.4 Å². The maximum atomic E-state index is 13.7. The first kappa shape index (κ1) is 29.0. The maximum Gasteiger partial charge on any atom is 0.264 e. The zero-order chi connectivity index (χ0) is 27.0. The number of rotatable bonds is 8. The van der Waals surface area contributed by atoms with Crippen molar-refractivity contribution in [1.29, 1.82) is 0 Å². The Kier molecular flexibility index (Phi) is 8.66. The second-order valence-corrected chi connectivity index (χ2v) is 12.8. The molecular weight excluding hydrogens is 552 g/mol. The molecule has 3 aromatic carbocycles. The number of hydrogen-bond acceptors (Lipinski definition) is 6. The number of carbonyl (C=O) groups is 1. The largest absolute Gasteiger partial charge is 0.309 e. The summed E-state index contributed by atoms with van der Waals surface area (Å²) in [7, 11) is 0.291. The number of fused-ring (bicyclic) bond motifs is 2. The molecule has 0 bridgehead atoms. The van der Waals surface area contributed by atoms with E-state index < -0.39 is 10.0 Å². The molecule has 2 heterocycles. The molecule has 0 saturated heterocycles. The van der Waals surface area contributed by atoms with Crippen molar-refractivity contribution < 1.29 is 13.2 Å². The molecule has 1 amide bonds. The number of sulfonamides is 1. The molecule has 4 aromatic rings. The Morgan fingerprint density at radius 2 is 1.72 bits per heavy atom. The van der Waals surface area contributed by atoms with Crippen molar-refractivity contribution in [3.05, 3.63) is 82.9 Å². The highest BCUT2D eigenvalue weighted by molar-refractivity contribution is 7.92. The predicted molar refractivity (Wildman–Crippen MR) is 162 cm³/mol. The summed E-state index contributed by atoms with van der Waals surface area (Å²) in [5.74, 6) is -0.187. The fraction of sp³-hybridized carbons (Fsp3) is 0.310. The first-order valence-corrected chi connectivity index (χ1v) is 15.0. The number of para-hydroxylation sites is 1. The van der Waals surface area contributed by atoms with Crippen LogP contribution in [0.1, 0.15) is 33.5 Å². The lowest BCUT2D eigenvalue weighted by atomic mass is 10.1. The number of benzene rings is 3. The van der Waals surface area contributed by atoms with Gasteiger partial charge in [-0.1, -0.05) is 35.6 Å². The van der Waals surface area contributed by atoms with Crippen LogP contribution in [0.4, 0.5) is 10.8 Å². The van der Waals surface area contributed by atoms with E-state index in [1.807, 2.05) is 38.4 Å². The number of anilines is 2. The van der Waals surface area contributed by atoms with Gasteiger partial charge < -0.3 is 4.90 Å². The van der Waals surface area contributed by atoms with Crippen molar-refractivity contribution >= 4 is 60.7 Å². The van der Waals surface area contributed by atoms with Crippen LogP contribution in [-0.2, 0) is 16.4 Å². The summed E-state index contributed by atoms with van der Waals surface area (Å²) in [5.41, 5.74) is 5.38. The molecule has 1 aromatic heterocycles. The summed E-state index contributed by atoms with van der Waals surface area (Å²) in [5, 5.41) is 0.655. The van der Waals surface area contributed by atoms with Crippen LogP contribution in [-0.4, -0.2) is 57.9 Å².